The molecular formula is C16H15N3O4. The zero-order chi connectivity index (χ0) is 16.4. The predicted molar refractivity (Wildman–Crippen MR) is 82.3 cm³/mol. The molecule has 2 heterocycles. The smallest absolute Gasteiger partial charge is 0.329 e. The van der Waals surface area contributed by atoms with Crippen LogP contribution >= 0.6 is 0 Å². The third-order valence-corrected chi connectivity index (χ3v) is 3.78. The van der Waals surface area contributed by atoms with Crippen molar-refractivity contribution < 1.29 is 14.3 Å². The Kier molecular flexibility index (Phi) is 3.92. The van der Waals surface area contributed by atoms with Crippen LogP contribution in [0.25, 0.3) is 0 Å². The Morgan fingerprint density at radius 3 is 2.74 bits per heavy atom. The molecule has 0 aliphatic carbocycles. The molecule has 1 amide bonds. The number of anilines is 1. The van der Waals surface area contributed by atoms with Crippen LogP contribution in [-0.4, -0.2) is 28.5 Å². The van der Waals surface area contributed by atoms with Gasteiger partial charge >= 0.3 is 5.97 Å². The van der Waals surface area contributed by atoms with Crippen LogP contribution in [0.4, 0.5) is 5.69 Å². The molecule has 1 aliphatic rings. The summed E-state index contributed by atoms with van der Waals surface area (Å²) in [6, 6.07) is 7.86. The quantitative estimate of drug-likeness (QED) is 0.859. The molecule has 7 heteroatoms. The maximum absolute atomic E-state index is 12.6. The number of hydrogen-bond acceptors (Lipinski definition) is 5. The van der Waals surface area contributed by atoms with Crippen molar-refractivity contribution in [3.8, 4) is 0 Å². The van der Waals surface area contributed by atoms with E-state index in [0.29, 0.717) is 24.2 Å². The van der Waals surface area contributed by atoms with Gasteiger partial charge in [-0.25, -0.2) is 9.78 Å². The summed E-state index contributed by atoms with van der Waals surface area (Å²) in [7, 11) is 1.28. The normalized spacial score (nSPS) is 15.8. The van der Waals surface area contributed by atoms with Gasteiger partial charge in [-0.3, -0.25) is 14.2 Å². The van der Waals surface area contributed by atoms with Gasteiger partial charge in [-0.15, -0.1) is 0 Å². The largest absolute Gasteiger partial charge is 0.467 e. The average Bonchev–Trinajstić information content (AvgIpc) is 3.02. The van der Waals surface area contributed by atoms with Gasteiger partial charge in [0, 0.05) is 12.0 Å². The van der Waals surface area contributed by atoms with Crippen molar-refractivity contribution in [2.75, 3.05) is 12.4 Å². The summed E-state index contributed by atoms with van der Waals surface area (Å²) in [6.07, 6.45) is 2.31. The molecule has 0 spiro atoms. The second-order valence-corrected chi connectivity index (χ2v) is 5.16. The minimum atomic E-state index is -0.691. The van der Waals surface area contributed by atoms with Gasteiger partial charge < -0.3 is 10.1 Å². The zero-order valence-electron chi connectivity index (χ0n) is 12.5. The molecular weight excluding hydrogens is 298 g/mol. The third-order valence-electron chi connectivity index (χ3n) is 3.78. The molecule has 1 aromatic carbocycles. The summed E-state index contributed by atoms with van der Waals surface area (Å²) in [5.41, 5.74) is 0.0208. The Hall–Kier alpha value is -2.96. The fourth-order valence-corrected chi connectivity index (χ4v) is 2.63. The number of fused-ring (bicyclic) bond motifs is 1. The summed E-state index contributed by atoms with van der Waals surface area (Å²) in [6.45, 7) is 0. The van der Waals surface area contributed by atoms with Gasteiger partial charge in [0.15, 0.2) is 0 Å². The first-order chi connectivity index (χ1) is 11.1. The van der Waals surface area contributed by atoms with Crippen molar-refractivity contribution in [1.82, 2.24) is 9.55 Å². The van der Waals surface area contributed by atoms with Crippen LogP contribution in [0.15, 0.2) is 41.3 Å². The Morgan fingerprint density at radius 1 is 1.30 bits per heavy atom. The molecule has 1 aromatic heterocycles. The number of aryl methyl sites for hydroxylation is 1. The molecule has 0 bridgehead atoms. The Bertz CT molecular complexity index is 814. The van der Waals surface area contributed by atoms with Crippen LogP contribution in [-0.2, 0) is 16.0 Å². The number of ether oxygens (including phenoxy) is 1. The van der Waals surface area contributed by atoms with Crippen LogP contribution < -0.4 is 10.9 Å². The van der Waals surface area contributed by atoms with Crippen LogP contribution in [0.3, 0.4) is 0 Å². The number of carbonyl (C=O) groups excluding carboxylic acids is 2. The maximum atomic E-state index is 12.6. The Balaban J connectivity index is 1.93. The third kappa shape index (κ3) is 2.73. The topological polar surface area (TPSA) is 90.3 Å². The second kappa shape index (κ2) is 6.04. The summed E-state index contributed by atoms with van der Waals surface area (Å²) in [5.74, 6) is -0.375. The molecule has 7 nitrogen and oxygen atoms in total. The highest BCUT2D eigenvalue weighted by molar-refractivity contribution is 6.04. The fraction of sp³-hybridized carbons (Fsp3) is 0.250. The van der Waals surface area contributed by atoms with Crippen LogP contribution in [0, 0.1) is 0 Å². The summed E-state index contributed by atoms with van der Waals surface area (Å²) >= 11 is 0. The number of benzene rings is 1. The van der Waals surface area contributed by atoms with E-state index >= 15 is 0 Å². The zero-order valence-corrected chi connectivity index (χ0v) is 12.5. The van der Waals surface area contributed by atoms with E-state index in [0.717, 1.165) is 0 Å². The number of esters is 1. The summed E-state index contributed by atoms with van der Waals surface area (Å²) in [4.78, 5) is 40.7. The number of methoxy groups -OCH3 is 1. The van der Waals surface area contributed by atoms with E-state index < -0.39 is 23.5 Å². The molecule has 118 valence electrons. The van der Waals surface area contributed by atoms with Crippen LogP contribution in [0.2, 0.25) is 0 Å². The first-order valence-corrected chi connectivity index (χ1v) is 7.16. The Morgan fingerprint density at radius 2 is 2.04 bits per heavy atom. The van der Waals surface area contributed by atoms with E-state index in [2.05, 4.69) is 10.3 Å². The highest BCUT2D eigenvalue weighted by Crippen LogP contribution is 2.24. The van der Waals surface area contributed by atoms with Crippen molar-refractivity contribution in [1.29, 1.82) is 0 Å². The Labute approximate surface area is 131 Å². The summed E-state index contributed by atoms with van der Waals surface area (Å²) < 4.78 is 6.02. The maximum Gasteiger partial charge on any atom is 0.329 e. The number of carbonyl (C=O) groups is 2. The standard InChI is InChI=1S/C16H15N3O4/c1-23-16(22)12-7-8-13-17-9-11(15(21)19(12)13)18-14(20)10-5-3-2-4-6-10/h2-6,9,12H,7-8H2,1H3,(H,18,20). The molecule has 0 fully saturated rings. The monoisotopic (exact) mass is 313 g/mol. The van der Waals surface area contributed by atoms with Gasteiger partial charge in [0.2, 0.25) is 0 Å². The molecule has 1 N–H and O–H groups in total. The number of amides is 1. The van der Waals surface area contributed by atoms with Gasteiger partial charge in [0.1, 0.15) is 17.6 Å². The van der Waals surface area contributed by atoms with Crippen LogP contribution in [0.5, 0.6) is 0 Å². The number of nitrogens with zero attached hydrogens (tertiary/aromatic N) is 2. The molecule has 23 heavy (non-hydrogen) atoms. The van der Waals surface area contributed by atoms with Gasteiger partial charge in [0.25, 0.3) is 11.5 Å². The summed E-state index contributed by atoms with van der Waals surface area (Å²) in [5, 5.41) is 2.55. The fourth-order valence-electron chi connectivity index (χ4n) is 2.63. The molecule has 2 aromatic rings. The van der Waals surface area contributed by atoms with Crippen molar-refractivity contribution in [3.63, 3.8) is 0 Å². The van der Waals surface area contributed by atoms with Crippen molar-refractivity contribution in [2.24, 2.45) is 0 Å². The lowest BCUT2D eigenvalue weighted by Gasteiger charge is -2.13. The highest BCUT2D eigenvalue weighted by atomic mass is 16.5. The van der Waals surface area contributed by atoms with Gasteiger partial charge in [0.05, 0.1) is 13.3 Å². The van der Waals surface area contributed by atoms with E-state index in [1.54, 1.807) is 30.3 Å². The van der Waals surface area contributed by atoms with Crippen LogP contribution in [0.1, 0.15) is 28.6 Å². The first kappa shape index (κ1) is 15.0. The lowest BCUT2D eigenvalue weighted by atomic mass is 10.2. The molecule has 1 atom stereocenters. The van der Waals surface area contributed by atoms with Gasteiger partial charge in [-0.2, -0.15) is 0 Å². The molecule has 0 saturated carbocycles. The van der Waals surface area contributed by atoms with E-state index in [1.165, 1.54) is 17.9 Å². The van der Waals surface area contributed by atoms with E-state index in [9.17, 15) is 14.4 Å². The molecule has 3 rings (SSSR count). The van der Waals surface area contributed by atoms with E-state index in [1.807, 2.05) is 0 Å². The van der Waals surface area contributed by atoms with Crippen molar-refractivity contribution in [2.45, 2.75) is 18.9 Å². The number of nitrogens with one attached hydrogen (secondary N) is 1. The van der Waals surface area contributed by atoms with Gasteiger partial charge in [-0.1, -0.05) is 18.2 Å². The molecule has 1 unspecified atom stereocenters. The first-order valence-electron chi connectivity index (χ1n) is 7.16. The SMILES string of the molecule is COC(=O)C1CCc2ncc(NC(=O)c3ccccc3)c(=O)n21. The number of aromatic nitrogens is 2. The van der Waals surface area contributed by atoms with Gasteiger partial charge in [-0.05, 0) is 18.6 Å². The molecule has 0 saturated heterocycles. The van der Waals surface area contributed by atoms with E-state index in [-0.39, 0.29) is 5.69 Å². The molecule has 1 aliphatic heterocycles. The predicted octanol–water partition coefficient (Wildman–Crippen LogP) is 1.16. The molecule has 0 radical (unpaired) electrons. The lowest BCUT2D eigenvalue weighted by Crippen LogP contribution is -2.31. The average molecular weight is 313 g/mol. The minimum Gasteiger partial charge on any atom is -0.467 e. The highest BCUT2D eigenvalue weighted by Gasteiger charge is 2.32. The second-order valence-electron chi connectivity index (χ2n) is 5.16. The number of hydrogen-bond donors (Lipinski definition) is 1. The number of rotatable bonds is 3. The van der Waals surface area contributed by atoms with E-state index in [4.69, 9.17) is 4.74 Å². The van der Waals surface area contributed by atoms with Crippen molar-refractivity contribution in [3.05, 3.63) is 58.3 Å². The van der Waals surface area contributed by atoms with Crippen molar-refractivity contribution >= 4 is 17.6 Å². The lowest BCUT2D eigenvalue weighted by molar-refractivity contribution is -0.144. The minimum absolute atomic E-state index is 0.0402.